The Morgan fingerprint density at radius 2 is 1.64 bits per heavy atom. The van der Waals surface area contributed by atoms with Crippen molar-refractivity contribution in [1.82, 2.24) is 4.90 Å². The molecule has 0 spiro atoms. The van der Waals surface area contributed by atoms with Crippen molar-refractivity contribution < 1.29 is 0 Å². The van der Waals surface area contributed by atoms with E-state index in [-0.39, 0.29) is 0 Å². The molecule has 2 saturated heterocycles. The van der Waals surface area contributed by atoms with Crippen LogP contribution in [0.1, 0.15) is 38.5 Å². The van der Waals surface area contributed by atoms with Crippen LogP contribution in [0.4, 0.5) is 0 Å². The van der Waals surface area contributed by atoms with E-state index in [0.29, 0.717) is 5.92 Å². The molecule has 0 N–H and O–H groups in total. The van der Waals surface area contributed by atoms with E-state index in [1.807, 2.05) is 0 Å². The average molecular weight is 190 g/mol. The minimum atomic E-state index is 0.344. The van der Waals surface area contributed by atoms with Gasteiger partial charge in [0.25, 0.3) is 0 Å². The maximum absolute atomic E-state index is 9.11. The number of hydrogen-bond donors (Lipinski definition) is 0. The van der Waals surface area contributed by atoms with Crippen LogP contribution in [0.15, 0.2) is 0 Å². The van der Waals surface area contributed by atoms with E-state index in [4.69, 9.17) is 5.26 Å². The first-order valence-corrected chi connectivity index (χ1v) is 6.04. The molecular weight excluding hydrogens is 172 g/mol. The summed E-state index contributed by atoms with van der Waals surface area (Å²) in [6, 6.07) is 4.20. The van der Waals surface area contributed by atoms with Crippen LogP contribution < -0.4 is 0 Å². The van der Waals surface area contributed by atoms with Gasteiger partial charge in [-0.25, -0.2) is 0 Å². The van der Waals surface area contributed by atoms with Crippen LogP contribution in [0.3, 0.4) is 0 Å². The van der Waals surface area contributed by atoms with Gasteiger partial charge in [-0.3, -0.25) is 4.90 Å². The van der Waals surface area contributed by atoms with Gasteiger partial charge in [-0.05, 0) is 44.4 Å². The van der Waals surface area contributed by atoms with Crippen LogP contribution in [-0.4, -0.2) is 23.5 Å². The Kier molecular flexibility index (Phi) is 2.02. The van der Waals surface area contributed by atoms with Gasteiger partial charge >= 0.3 is 0 Å². The molecule has 1 atom stereocenters. The lowest BCUT2D eigenvalue weighted by molar-refractivity contribution is 0.221. The van der Waals surface area contributed by atoms with Crippen LogP contribution in [0, 0.1) is 23.2 Å². The number of rotatable bonds is 3. The Morgan fingerprint density at radius 1 is 1.07 bits per heavy atom. The fourth-order valence-corrected chi connectivity index (χ4v) is 3.34. The second kappa shape index (κ2) is 3.24. The number of fused-ring (bicyclic) bond motifs is 2. The molecule has 14 heavy (non-hydrogen) atoms. The van der Waals surface area contributed by atoms with Crippen molar-refractivity contribution in [2.75, 3.05) is 6.54 Å². The first-order chi connectivity index (χ1) is 6.88. The van der Waals surface area contributed by atoms with Crippen LogP contribution in [0.2, 0.25) is 0 Å². The van der Waals surface area contributed by atoms with E-state index in [1.54, 1.807) is 0 Å². The zero-order chi connectivity index (χ0) is 9.54. The molecule has 2 bridgehead atoms. The first kappa shape index (κ1) is 8.73. The predicted octanol–water partition coefficient (Wildman–Crippen LogP) is 2.16. The molecule has 76 valence electrons. The highest BCUT2D eigenvalue weighted by atomic mass is 15.2. The van der Waals surface area contributed by atoms with Crippen molar-refractivity contribution in [2.45, 2.75) is 50.6 Å². The molecule has 3 fully saturated rings. The third-order valence-electron chi connectivity index (χ3n) is 4.37. The van der Waals surface area contributed by atoms with Crippen LogP contribution in [-0.2, 0) is 0 Å². The number of hydrogen-bond acceptors (Lipinski definition) is 2. The normalized spacial score (nSPS) is 38.5. The van der Waals surface area contributed by atoms with E-state index in [1.165, 1.54) is 38.5 Å². The second-order valence-electron chi connectivity index (χ2n) is 5.23. The van der Waals surface area contributed by atoms with Crippen LogP contribution >= 0.6 is 0 Å². The average Bonchev–Trinajstić information content (AvgIpc) is 2.93. The molecule has 0 amide bonds. The summed E-state index contributed by atoms with van der Waals surface area (Å²) in [7, 11) is 0. The smallest absolute Gasteiger partial charge is 0.0672 e. The summed E-state index contributed by atoms with van der Waals surface area (Å²) in [4.78, 5) is 2.65. The highest BCUT2D eigenvalue weighted by Gasteiger charge is 2.42. The second-order valence-corrected chi connectivity index (χ2v) is 5.23. The summed E-state index contributed by atoms with van der Waals surface area (Å²) in [5, 5.41) is 9.11. The van der Waals surface area contributed by atoms with Crippen molar-refractivity contribution in [3.63, 3.8) is 0 Å². The van der Waals surface area contributed by atoms with Crippen molar-refractivity contribution in [2.24, 2.45) is 11.8 Å². The first-order valence-electron chi connectivity index (χ1n) is 6.04. The molecular formula is C12H18N2. The molecule has 1 aliphatic carbocycles. The molecule has 0 aromatic rings. The van der Waals surface area contributed by atoms with Crippen molar-refractivity contribution >= 4 is 0 Å². The third-order valence-corrected chi connectivity index (χ3v) is 4.37. The van der Waals surface area contributed by atoms with Gasteiger partial charge in [0.05, 0.1) is 12.0 Å². The lowest BCUT2D eigenvalue weighted by Crippen LogP contribution is -2.33. The number of nitrogens with zero attached hydrogens (tertiary/aromatic N) is 2. The summed E-state index contributed by atoms with van der Waals surface area (Å²) in [5.41, 5.74) is 0. The molecule has 2 aliphatic heterocycles. The topological polar surface area (TPSA) is 27.0 Å². The van der Waals surface area contributed by atoms with E-state index in [9.17, 15) is 0 Å². The molecule has 1 unspecified atom stereocenters. The van der Waals surface area contributed by atoms with Gasteiger partial charge in [0.2, 0.25) is 0 Å². The summed E-state index contributed by atoms with van der Waals surface area (Å²) in [6.07, 6.45) is 8.20. The summed E-state index contributed by atoms with van der Waals surface area (Å²) < 4.78 is 0. The van der Waals surface area contributed by atoms with E-state index in [2.05, 4.69) is 11.0 Å². The quantitative estimate of drug-likeness (QED) is 0.682. The minimum Gasteiger partial charge on any atom is -0.296 e. The Morgan fingerprint density at radius 3 is 2.07 bits per heavy atom. The molecule has 1 saturated carbocycles. The Bertz CT molecular complexity index is 244. The summed E-state index contributed by atoms with van der Waals surface area (Å²) in [6.45, 7) is 1.08. The van der Waals surface area contributed by atoms with Gasteiger partial charge in [0.15, 0.2) is 0 Å². The largest absolute Gasteiger partial charge is 0.296 e. The predicted molar refractivity (Wildman–Crippen MR) is 54.6 cm³/mol. The SMILES string of the molecule is N#CC(CN1C2CCC1CC2)C1CC1. The Labute approximate surface area is 85.9 Å². The molecule has 3 rings (SSSR count). The fraction of sp³-hybridized carbons (Fsp3) is 0.917. The van der Waals surface area contributed by atoms with Crippen LogP contribution in [0.25, 0.3) is 0 Å². The fourth-order valence-electron chi connectivity index (χ4n) is 3.34. The molecule has 2 heterocycles. The Balaban J connectivity index is 1.63. The van der Waals surface area contributed by atoms with Gasteiger partial charge < -0.3 is 0 Å². The molecule has 2 nitrogen and oxygen atoms in total. The molecule has 0 aromatic heterocycles. The zero-order valence-corrected chi connectivity index (χ0v) is 8.65. The van der Waals surface area contributed by atoms with E-state index in [0.717, 1.165) is 24.5 Å². The zero-order valence-electron chi connectivity index (χ0n) is 8.65. The van der Waals surface area contributed by atoms with Gasteiger partial charge in [-0.2, -0.15) is 5.26 Å². The van der Waals surface area contributed by atoms with Gasteiger partial charge in [0, 0.05) is 18.6 Å². The van der Waals surface area contributed by atoms with Gasteiger partial charge in [-0.15, -0.1) is 0 Å². The lowest BCUT2D eigenvalue weighted by atomic mass is 10.0. The Hall–Kier alpha value is -0.550. The van der Waals surface area contributed by atoms with Crippen molar-refractivity contribution in [3.05, 3.63) is 0 Å². The maximum Gasteiger partial charge on any atom is 0.0672 e. The standard InChI is InChI=1S/C12H18N2/c13-7-10(9-1-2-9)8-14-11-3-4-12(14)6-5-11/h9-12H,1-6,8H2. The maximum atomic E-state index is 9.11. The van der Waals surface area contributed by atoms with E-state index >= 15 is 0 Å². The highest BCUT2D eigenvalue weighted by molar-refractivity contribution is 5.01. The van der Waals surface area contributed by atoms with Gasteiger partial charge in [-0.1, -0.05) is 0 Å². The highest BCUT2D eigenvalue weighted by Crippen LogP contribution is 2.42. The van der Waals surface area contributed by atoms with Gasteiger partial charge in [0.1, 0.15) is 0 Å². The monoisotopic (exact) mass is 190 g/mol. The minimum absolute atomic E-state index is 0.344. The van der Waals surface area contributed by atoms with E-state index < -0.39 is 0 Å². The summed E-state index contributed by atoms with van der Waals surface area (Å²) in [5.74, 6) is 1.09. The van der Waals surface area contributed by atoms with Crippen LogP contribution in [0.5, 0.6) is 0 Å². The molecule has 0 aromatic carbocycles. The third kappa shape index (κ3) is 1.35. The number of nitriles is 1. The lowest BCUT2D eigenvalue weighted by Gasteiger charge is -2.23. The molecule has 2 heteroatoms. The molecule has 3 aliphatic rings. The molecule has 0 radical (unpaired) electrons. The summed E-state index contributed by atoms with van der Waals surface area (Å²) >= 11 is 0. The van der Waals surface area contributed by atoms with Crippen molar-refractivity contribution in [3.8, 4) is 6.07 Å². The van der Waals surface area contributed by atoms with Crippen molar-refractivity contribution in [1.29, 1.82) is 5.26 Å².